The highest BCUT2D eigenvalue weighted by Crippen LogP contribution is 2.23. The summed E-state index contributed by atoms with van der Waals surface area (Å²) in [6.07, 6.45) is 2.42. The van der Waals surface area contributed by atoms with E-state index in [1.54, 1.807) is 7.11 Å². The lowest BCUT2D eigenvalue weighted by Crippen LogP contribution is -2.48. The average molecular weight is 253 g/mol. The Balaban J connectivity index is 2.04. The number of piperidine rings is 1. The number of likely N-dealkylation sites (tertiary alicyclic amines) is 1. The Morgan fingerprint density at radius 3 is 2.83 bits per heavy atom. The molecule has 0 aliphatic carbocycles. The molecular formula is C13H23N3O2. The van der Waals surface area contributed by atoms with Crippen molar-refractivity contribution in [2.45, 2.75) is 45.4 Å². The van der Waals surface area contributed by atoms with Gasteiger partial charge in [-0.3, -0.25) is 4.90 Å². The van der Waals surface area contributed by atoms with E-state index in [2.05, 4.69) is 10.1 Å². The van der Waals surface area contributed by atoms with E-state index in [0.717, 1.165) is 37.4 Å². The van der Waals surface area contributed by atoms with E-state index in [1.807, 2.05) is 13.8 Å². The number of ether oxygens (including phenoxy) is 1. The third-order valence-electron chi connectivity index (χ3n) is 3.94. The van der Waals surface area contributed by atoms with Crippen LogP contribution in [0.15, 0.2) is 4.52 Å². The van der Waals surface area contributed by atoms with Gasteiger partial charge in [0.15, 0.2) is 0 Å². The van der Waals surface area contributed by atoms with Crippen LogP contribution in [0.4, 0.5) is 0 Å². The van der Waals surface area contributed by atoms with Crippen molar-refractivity contribution < 1.29 is 9.26 Å². The standard InChI is InChI=1S/C13H23N3O2/c1-9-13(10(2)18-15-9)8-16-5-4-12(17-3)6-11(16)7-14/h11-12H,4-8,14H2,1-3H3. The molecule has 0 amide bonds. The Kier molecular flexibility index (Phi) is 4.37. The van der Waals surface area contributed by atoms with E-state index < -0.39 is 0 Å². The molecular weight excluding hydrogens is 230 g/mol. The Hall–Kier alpha value is -0.910. The fraction of sp³-hybridized carbons (Fsp3) is 0.769. The van der Waals surface area contributed by atoms with Gasteiger partial charge in [0, 0.05) is 38.3 Å². The van der Waals surface area contributed by atoms with Crippen molar-refractivity contribution >= 4 is 0 Å². The van der Waals surface area contributed by atoms with Gasteiger partial charge in [0.1, 0.15) is 5.76 Å². The third-order valence-corrected chi connectivity index (χ3v) is 3.94. The summed E-state index contributed by atoms with van der Waals surface area (Å²) in [5, 5.41) is 4.01. The normalized spacial score (nSPS) is 25.6. The Labute approximate surface area is 108 Å². The molecule has 2 unspecified atom stereocenters. The van der Waals surface area contributed by atoms with E-state index >= 15 is 0 Å². The lowest BCUT2D eigenvalue weighted by Gasteiger charge is -2.38. The summed E-state index contributed by atoms with van der Waals surface area (Å²) < 4.78 is 10.7. The molecule has 1 aliphatic rings. The second-order valence-corrected chi connectivity index (χ2v) is 5.04. The Morgan fingerprint density at radius 2 is 2.28 bits per heavy atom. The number of aryl methyl sites for hydroxylation is 2. The molecule has 1 saturated heterocycles. The molecule has 1 aromatic rings. The first-order valence-electron chi connectivity index (χ1n) is 6.54. The fourth-order valence-corrected chi connectivity index (χ4v) is 2.66. The smallest absolute Gasteiger partial charge is 0.138 e. The molecule has 1 fully saturated rings. The number of aromatic nitrogens is 1. The van der Waals surface area contributed by atoms with Gasteiger partial charge in [0.05, 0.1) is 11.8 Å². The first-order valence-corrected chi connectivity index (χ1v) is 6.54. The van der Waals surface area contributed by atoms with Crippen molar-refractivity contribution in [1.29, 1.82) is 0 Å². The lowest BCUT2D eigenvalue weighted by molar-refractivity contribution is 0.0100. The first-order chi connectivity index (χ1) is 8.65. The molecule has 2 atom stereocenters. The molecule has 2 rings (SSSR count). The van der Waals surface area contributed by atoms with Crippen LogP contribution in [0.1, 0.15) is 29.9 Å². The van der Waals surface area contributed by atoms with E-state index in [0.29, 0.717) is 18.7 Å². The molecule has 0 saturated carbocycles. The number of hydrogen-bond donors (Lipinski definition) is 1. The van der Waals surface area contributed by atoms with Gasteiger partial charge in [-0.05, 0) is 26.7 Å². The summed E-state index contributed by atoms with van der Waals surface area (Å²) in [5.41, 5.74) is 8.06. The van der Waals surface area contributed by atoms with Gasteiger partial charge in [0.25, 0.3) is 0 Å². The molecule has 0 spiro atoms. The summed E-state index contributed by atoms with van der Waals surface area (Å²) in [6, 6.07) is 0.386. The third kappa shape index (κ3) is 2.74. The Morgan fingerprint density at radius 1 is 1.50 bits per heavy atom. The maximum absolute atomic E-state index is 5.88. The number of rotatable bonds is 4. The molecule has 18 heavy (non-hydrogen) atoms. The fourth-order valence-electron chi connectivity index (χ4n) is 2.66. The molecule has 2 N–H and O–H groups in total. The van der Waals surface area contributed by atoms with Crippen LogP contribution in [0.2, 0.25) is 0 Å². The quantitative estimate of drug-likeness (QED) is 0.874. The highest BCUT2D eigenvalue weighted by atomic mass is 16.5. The van der Waals surface area contributed by atoms with E-state index in [1.165, 1.54) is 5.56 Å². The lowest BCUT2D eigenvalue weighted by atomic mass is 9.98. The van der Waals surface area contributed by atoms with Crippen molar-refractivity contribution in [3.63, 3.8) is 0 Å². The summed E-state index contributed by atoms with van der Waals surface area (Å²) in [6.45, 7) is 6.52. The van der Waals surface area contributed by atoms with Crippen LogP contribution < -0.4 is 5.73 Å². The first kappa shape index (κ1) is 13.5. The molecule has 1 aliphatic heterocycles. The topological polar surface area (TPSA) is 64.5 Å². The van der Waals surface area contributed by atoms with Gasteiger partial charge in [-0.2, -0.15) is 0 Å². The summed E-state index contributed by atoms with van der Waals surface area (Å²) >= 11 is 0. The van der Waals surface area contributed by atoms with Gasteiger partial charge >= 0.3 is 0 Å². The summed E-state index contributed by atoms with van der Waals surface area (Å²) in [4.78, 5) is 2.42. The molecule has 102 valence electrons. The van der Waals surface area contributed by atoms with Crippen LogP contribution in [0.3, 0.4) is 0 Å². The van der Waals surface area contributed by atoms with Crippen molar-refractivity contribution in [1.82, 2.24) is 10.1 Å². The van der Waals surface area contributed by atoms with Crippen LogP contribution in [0, 0.1) is 13.8 Å². The van der Waals surface area contributed by atoms with Gasteiger partial charge in [-0.15, -0.1) is 0 Å². The van der Waals surface area contributed by atoms with Gasteiger partial charge in [0.2, 0.25) is 0 Å². The zero-order valence-electron chi connectivity index (χ0n) is 11.5. The summed E-state index contributed by atoms with van der Waals surface area (Å²) in [7, 11) is 1.78. The van der Waals surface area contributed by atoms with E-state index in [-0.39, 0.29) is 0 Å². The SMILES string of the molecule is COC1CCN(Cc2c(C)noc2C)C(CN)C1. The molecule has 5 nitrogen and oxygen atoms in total. The number of hydrogen-bond acceptors (Lipinski definition) is 5. The zero-order valence-corrected chi connectivity index (χ0v) is 11.5. The van der Waals surface area contributed by atoms with Crippen molar-refractivity contribution in [3.8, 4) is 0 Å². The van der Waals surface area contributed by atoms with Crippen LogP contribution in [0.5, 0.6) is 0 Å². The number of nitrogens with two attached hydrogens (primary N) is 1. The van der Waals surface area contributed by atoms with Crippen molar-refractivity contribution in [2.24, 2.45) is 5.73 Å². The van der Waals surface area contributed by atoms with Crippen molar-refractivity contribution in [2.75, 3.05) is 20.2 Å². The van der Waals surface area contributed by atoms with Gasteiger partial charge in [-0.25, -0.2) is 0 Å². The predicted molar refractivity (Wildman–Crippen MR) is 69.3 cm³/mol. The molecule has 0 aromatic carbocycles. The van der Waals surface area contributed by atoms with Crippen LogP contribution >= 0.6 is 0 Å². The molecule has 0 radical (unpaired) electrons. The highest BCUT2D eigenvalue weighted by molar-refractivity contribution is 5.20. The van der Waals surface area contributed by atoms with E-state index in [4.69, 9.17) is 15.0 Å². The molecule has 5 heteroatoms. The maximum Gasteiger partial charge on any atom is 0.138 e. The monoisotopic (exact) mass is 253 g/mol. The van der Waals surface area contributed by atoms with E-state index in [9.17, 15) is 0 Å². The second-order valence-electron chi connectivity index (χ2n) is 5.04. The van der Waals surface area contributed by atoms with Crippen LogP contribution in [-0.2, 0) is 11.3 Å². The molecule has 1 aromatic heterocycles. The maximum atomic E-state index is 5.88. The minimum atomic E-state index is 0.347. The summed E-state index contributed by atoms with van der Waals surface area (Å²) in [5.74, 6) is 0.914. The second kappa shape index (κ2) is 5.82. The largest absolute Gasteiger partial charge is 0.381 e. The highest BCUT2D eigenvalue weighted by Gasteiger charge is 2.28. The number of nitrogens with zero attached hydrogens (tertiary/aromatic N) is 2. The van der Waals surface area contributed by atoms with Gasteiger partial charge < -0.3 is 15.0 Å². The minimum absolute atomic E-state index is 0.347. The molecule has 0 bridgehead atoms. The zero-order chi connectivity index (χ0) is 13.1. The van der Waals surface area contributed by atoms with Crippen LogP contribution in [-0.4, -0.2) is 42.4 Å². The van der Waals surface area contributed by atoms with Crippen LogP contribution in [0.25, 0.3) is 0 Å². The molecule has 2 heterocycles. The predicted octanol–water partition coefficient (Wildman–Crippen LogP) is 1.23. The minimum Gasteiger partial charge on any atom is -0.381 e. The average Bonchev–Trinajstić information content (AvgIpc) is 2.71. The Bertz CT molecular complexity index is 372. The van der Waals surface area contributed by atoms with Crippen molar-refractivity contribution in [3.05, 3.63) is 17.0 Å². The number of methoxy groups -OCH3 is 1. The van der Waals surface area contributed by atoms with Gasteiger partial charge in [-0.1, -0.05) is 5.16 Å².